The van der Waals surface area contributed by atoms with Crippen LogP contribution < -0.4 is 5.32 Å². The van der Waals surface area contributed by atoms with Crippen molar-refractivity contribution in [2.45, 2.75) is 20.0 Å². The number of nitrogens with zero attached hydrogens (tertiary/aromatic N) is 2. The minimum Gasteiger partial charge on any atom is -0.381 e. The van der Waals surface area contributed by atoms with Crippen LogP contribution >= 0.6 is 11.6 Å². The number of pyridine rings is 1. The second kappa shape index (κ2) is 7.77. The largest absolute Gasteiger partial charge is 0.381 e. The molecule has 2 heterocycles. The first-order chi connectivity index (χ1) is 11.2. The van der Waals surface area contributed by atoms with Gasteiger partial charge >= 0.3 is 0 Å². The van der Waals surface area contributed by atoms with Crippen LogP contribution in [0.5, 0.6) is 0 Å². The minimum atomic E-state index is 0.749. The molecule has 23 heavy (non-hydrogen) atoms. The number of hydrogen-bond donors (Lipinski definition) is 1. The predicted octanol–water partition coefficient (Wildman–Crippen LogP) is 3.49. The van der Waals surface area contributed by atoms with Crippen molar-refractivity contribution in [2.75, 3.05) is 31.6 Å². The van der Waals surface area contributed by atoms with Gasteiger partial charge in [-0.25, -0.2) is 0 Å². The number of anilines is 1. The third-order valence-electron chi connectivity index (χ3n) is 4.15. The van der Waals surface area contributed by atoms with Gasteiger partial charge in [-0.2, -0.15) is 0 Å². The average Bonchev–Trinajstić information content (AvgIpc) is 2.57. The summed E-state index contributed by atoms with van der Waals surface area (Å²) in [6.07, 6.45) is 1.82. The van der Waals surface area contributed by atoms with Crippen LogP contribution in [-0.2, 0) is 17.8 Å². The summed E-state index contributed by atoms with van der Waals surface area (Å²) in [5.41, 5.74) is 4.44. The Kier molecular flexibility index (Phi) is 5.49. The molecule has 1 saturated heterocycles. The van der Waals surface area contributed by atoms with Crippen LogP contribution in [0.2, 0.25) is 5.02 Å². The molecule has 122 valence electrons. The van der Waals surface area contributed by atoms with E-state index in [1.165, 1.54) is 5.56 Å². The number of morpholine rings is 1. The van der Waals surface area contributed by atoms with Gasteiger partial charge in [0.2, 0.25) is 0 Å². The fourth-order valence-electron chi connectivity index (χ4n) is 2.69. The molecule has 1 aromatic carbocycles. The molecular weight excluding hydrogens is 310 g/mol. The summed E-state index contributed by atoms with van der Waals surface area (Å²) in [4.78, 5) is 6.68. The fraction of sp³-hybridized carbons (Fsp3) is 0.389. The van der Waals surface area contributed by atoms with E-state index < -0.39 is 0 Å². The maximum atomic E-state index is 6.45. The molecule has 1 fully saturated rings. The zero-order chi connectivity index (χ0) is 16.1. The van der Waals surface area contributed by atoms with Gasteiger partial charge in [0, 0.05) is 48.8 Å². The first-order valence-electron chi connectivity index (χ1n) is 7.95. The molecule has 5 heteroatoms. The molecule has 0 atom stereocenters. The van der Waals surface area contributed by atoms with Crippen LogP contribution in [0.3, 0.4) is 0 Å². The number of aryl methyl sites for hydroxylation is 1. The average molecular weight is 332 g/mol. The van der Waals surface area contributed by atoms with Gasteiger partial charge < -0.3 is 10.1 Å². The molecule has 0 saturated carbocycles. The van der Waals surface area contributed by atoms with E-state index in [1.807, 2.05) is 25.3 Å². The van der Waals surface area contributed by atoms with Gasteiger partial charge in [-0.05, 0) is 36.2 Å². The third-order valence-corrected chi connectivity index (χ3v) is 4.50. The smallest absolute Gasteiger partial charge is 0.0594 e. The maximum Gasteiger partial charge on any atom is 0.0594 e. The Bertz CT molecular complexity index is 656. The Morgan fingerprint density at radius 1 is 1.22 bits per heavy atom. The summed E-state index contributed by atoms with van der Waals surface area (Å²) in [5, 5.41) is 4.23. The van der Waals surface area contributed by atoms with E-state index in [0.29, 0.717) is 0 Å². The molecule has 0 aliphatic carbocycles. The lowest BCUT2D eigenvalue weighted by atomic mass is 10.1. The number of ether oxygens (including phenoxy) is 1. The van der Waals surface area contributed by atoms with Crippen LogP contribution in [-0.4, -0.2) is 36.2 Å². The normalized spacial score (nSPS) is 15.6. The number of hydrogen-bond acceptors (Lipinski definition) is 4. The zero-order valence-electron chi connectivity index (χ0n) is 13.4. The number of halogens is 1. The molecule has 4 nitrogen and oxygen atoms in total. The first kappa shape index (κ1) is 16.2. The van der Waals surface area contributed by atoms with Crippen LogP contribution in [0.25, 0.3) is 0 Å². The lowest BCUT2D eigenvalue weighted by molar-refractivity contribution is 0.0342. The lowest BCUT2D eigenvalue weighted by Crippen LogP contribution is -2.35. The van der Waals surface area contributed by atoms with Crippen molar-refractivity contribution in [3.63, 3.8) is 0 Å². The third kappa shape index (κ3) is 4.44. The maximum absolute atomic E-state index is 6.45. The number of aromatic nitrogens is 1. The summed E-state index contributed by atoms with van der Waals surface area (Å²) in [5.74, 6) is 0. The van der Waals surface area contributed by atoms with Gasteiger partial charge in [-0.15, -0.1) is 0 Å². The Morgan fingerprint density at radius 3 is 2.78 bits per heavy atom. The molecule has 2 aromatic rings. The van der Waals surface area contributed by atoms with Crippen molar-refractivity contribution in [2.24, 2.45) is 0 Å². The Labute approximate surface area is 142 Å². The van der Waals surface area contributed by atoms with Gasteiger partial charge in [-0.3, -0.25) is 9.88 Å². The van der Waals surface area contributed by atoms with Gasteiger partial charge in [0.1, 0.15) is 0 Å². The summed E-state index contributed by atoms with van der Waals surface area (Å²) >= 11 is 6.45. The standard InChI is InChI=1S/C18H22ClN3O/c1-14-15(3-2-6-20-14)12-21-17-5-4-16(18(19)11-17)13-22-7-9-23-10-8-22/h2-6,11,21H,7-10,12-13H2,1H3. The van der Waals surface area contributed by atoms with Crippen molar-refractivity contribution in [3.05, 3.63) is 58.4 Å². The van der Waals surface area contributed by atoms with E-state index in [1.54, 1.807) is 0 Å². The fourth-order valence-corrected chi connectivity index (χ4v) is 2.93. The molecule has 1 aliphatic heterocycles. The van der Waals surface area contributed by atoms with E-state index >= 15 is 0 Å². The lowest BCUT2D eigenvalue weighted by Gasteiger charge is -2.27. The van der Waals surface area contributed by atoms with Crippen LogP contribution in [0.4, 0.5) is 5.69 Å². The molecule has 1 aliphatic rings. The highest BCUT2D eigenvalue weighted by Gasteiger charge is 2.12. The summed E-state index contributed by atoms with van der Waals surface area (Å²) < 4.78 is 5.38. The van der Waals surface area contributed by atoms with E-state index in [0.717, 1.165) is 61.4 Å². The summed E-state index contributed by atoms with van der Waals surface area (Å²) in [7, 11) is 0. The molecular formula is C18H22ClN3O. The minimum absolute atomic E-state index is 0.749. The molecule has 0 amide bonds. The highest BCUT2D eigenvalue weighted by Crippen LogP contribution is 2.23. The molecule has 1 aromatic heterocycles. The van der Waals surface area contributed by atoms with E-state index in [9.17, 15) is 0 Å². The monoisotopic (exact) mass is 331 g/mol. The zero-order valence-corrected chi connectivity index (χ0v) is 14.1. The topological polar surface area (TPSA) is 37.4 Å². The van der Waals surface area contributed by atoms with Gasteiger partial charge in [0.25, 0.3) is 0 Å². The second-order valence-electron chi connectivity index (χ2n) is 5.80. The number of rotatable bonds is 5. The second-order valence-corrected chi connectivity index (χ2v) is 6.20. The SMILES string of the molecule is Cc1ncccc1CNc1ccc(CN2CCOCC2)c(Cl)c1. The van der Waals surface area contributed by atoms with Crippen LogP contribution in [0.15, 0.2) is 36.5 Å². The van der Waals surface area contributed by atoms with E-state index in [4.69, 9.17) is 16.3 Å². The quantitative estimate of drug-likeness (QED) is 0.910. The highest BCUT2D eigenvalue weighted by molar-refractivity contribution is 6.31. The Morgan fingerprint density at radius 2 is 2.04 bits per heavy atom. The Hall–Kier alpha value is -1.62. The van der Waals surface area contributed by atoms with Gasteiger partial charge in [0.05, 0.1) is 13.2 Å². The molecule has 0 unspecified atom stereocenters. The number of nitrogens with one attached hydrogen (secondary N) is 1. The van der Waals surface area contributed by atoms with Crippen molar-refractivity contribution in [1.82, 2.24) is 9.88 Å². The van der Waals surface area contributed by atoms with Crippen LogP contribution in [0.1, 0.15) is 16.8 Å². The summed E-state index contributed by atoms with van der Waals surface area (Å²) in [6.45, 7) is 7.20. The molecule has 3 rings (SSSR count). The number of benzene rings is 1. The van der Waals surface area contributed by atoms with Crippen molar-refractivity contribution >= 4 is 17.3 Å². The highest BCUT2D eigenvalue weighted by atomic mass is 35.5. The summed E-state index contributed by atoms with van der Waals surface area (Å²) in [6, 6.07) is 10.2. The Balaban J connectivity index is 1.61. The first-order valence-corrected chi connectivity index (χ1v) is 8.33. The van der Waals surface area contributed by atoms with Crippen molar-refractivity contribution in [3.8, 4) is 0 Å². The molecule has 0 spiro atoms. The molecule has 0 radical (unpaired) electrons. The predicted molar refractivity (Wildman–Crippen MR) is 93.8 cm³/mol. The molecule has 1 N–H and O–H groups in total. The van der Waals surface area contributed by atoms with Crippen molar-refractivity contribution < 1.29 is 4.74 Å². The van der Waals surface area contributed by atoms with Crippen molar-refractivity contribution in [1.29, 1.82) is 0 Å². The van der Waals surface area contributed by atoms with Crippen LogP contribution in [0, 0.1) is 6.92 Å². The van der Waals surface area contributed by atoms with Gasteiger partial charge in [0.15, 0.2) is 0 Å². The van der Waals surface area contributed by atoms with E-state index in [2.05, 4.69) is 33.4 Å². The van der Waals surface area contributed by atoms with E-state index in [-0.39, 0.29) is 0 Å². The van der Waals surface area contributed by atoms with Gasteiger partial charge in [-0.1, -0.05) is 23.7 Å². The molecule has 0 bridgehead atoms.